The maximum absolute atomic E-state index is 10.9. The molecule has 0 aliphatic carbocycles. The van der Waals surface area contributed by atoms with E-state index in [4.69, 9.17) is 13.6 Å². The quantitative estimate of drug-likeness (QED) is 0.305. The first-order valence-corrected chi connectivity index (χ1v) is 4.51. The Hall–Kier alpha value is -1.59. The van der Waals surface area contributed by atoms with Crippen molar-refractivity contribution in [2.24, 2.45) is 5.73 Å². The standard InChI is InChI=1S/C11H5BBrNO/c1-10(15)11(13,14)8-6-4-2-3-5-7-9-12/h14H2,1H3. The Kier molecular flexibility index (Phi) is 6.09. The lowest BCUT2D eigenvalue weighted by Crippen LogP contribution is -2.38. The van der Waals surface area contributed by atoms with Crippen molar-refractivity contribution in [1.82, 2.24) is 0 Å². The zero-order chi connectivity index (χ0) is 11.7. The van der Waals surface area contributed by atoms with E-state index in [0.29, 0.717) is 0 Å². The fraction of sp³-hybridized carbons (Fsp3) is 0.182. The van der Waals surface area contributed by atoms with E-state index < -0.39 is 4.45 Å². The summed E-state index contributed by atoms with van der Waals surface area (Å²) in [5.74, 6) is 18.5. The smallest absolute Gasteiger partial charge is 0.193 e. The first-order valence-electron chi connectivity index (χ1n) is 3.72. The molecule has 0 spiro atoms. The lowest BCUT2D eigenvalue weighted by Gasteiger charge is -2.08. The minimum absolute atomic E-state index is 0.295. The van der Waals surface area contributed by atoms with Gasteiger partial charge in [0.2, 0.25) is 0 Å². The molecule has 15 heavy (non-hydrogen) atoms. The van der Waals surface area contributed by atoms with E-state index >= 15 is 0 Å². The van der Waals surface area contributed by atoms with Crippen molar-refractivity contribution in [3.05, 3.63) is 0 Å². The van der Waals surface area contributed by atoms with E-state index in [0.717, 1.165) is 0 Å². The van der Waals surface area contributed by atoms with Crippen LogP contribution < -0.4 is 5.73 Å². The molecule has 0 fully saturated rings. The van der Waals surface area contributed by atoms with Crippen molar-refractivity contribution in [3.8, 4) is 47.3 Å². The van der Waals surface area contributed by atoms with E-state index in [1.165, 1.54) is 6.92 Å². The van der Waals surface area contributed by atoms with Gasteiger partial charge in [-0.25, -0.2) is 0 Å². The third-order valence-corrected chi connectivity index (χ3v) is 1.90. The molecule has 0 aliphatic heterocycles. The molecule has 1 atom stereocenters. The molecular formula is C11H5BBrNO. The van der Waals surface area contributed by atoms with E-state index in [-0.39, 0.29) is 5.78 Å². The number of alkyl halides is 1. The minimum Gasteiger partial charge on any atom is -0.300 e. The number of halogens is 1. The molecular weight excluding hydrogens is 253 g/mol. The highest BCUT2D eigenvalue weighted by atomic mass is 79.9. The van der Waals surface area contributed by atoms with Gasteiger partial charge in [0.05, 0.1) is 0 Å². The predicted octanol–water partition coefficient (Wildman–Crippen LogP) is -0.235. The van der Waals surface area contributed by atoms with E-state index in [9.17, 15) is 4.79 Å². The van der Waals surface area contributed by atoms with Gasteiger partial charge < -0.3 is 0 Å². The molecule has 0 aromatic heterocycles. The average Bonchev–Trinajstić information content (AvgIpc) is 2.16. The molecule has 2 N–H and O–H groups in total. The van der Waals surface area contributed by atoms with Crippen LogP contribution in [0.2, 0.25) is 0 Å². The molecule has 0 bridgehead atoms. The van der Waals surface area contributed by atoms with Crippen LogP contribution in [-0.2, 0) is 4.79 Å². The molecule has 4 heteroatoms. The Morgan fingerprint density at radius 1 is 1.20 bits per heavy atom. The Balaban J connectivity index is 4.52. The molecule has 0 saturated carbocycles. The zero-order valence-corrected chi connectivity index (χ0v) is 9.53. The number of rotatable bonds is 1. The molecule has 0 aromatic carbocycles. The second kappa shape index (κ2) is 6.81. The molecule has 0 amide bonds. The van der Waals surface area contributed by atoms with Crippen LogP contribution >= 0.6 is 15.9 Å². The number of hydrogen-bond acceptors (Lipinski definition) is 2. The molecule has 0 heterocycles. The van der Waals surface area contributed by atoms with Gasteiger partial charge in [-0.2, -0.15) is 5.82 Å². The van der Waals surface area contributed by atoms with Crippen LogP contribution in [0, 0.1) is 47.3 Å². The van der Waals surface area contributed by atoms with E-state index in [1.54, 1.807) is 0 Å². The molecule has 1 unspecified atom stereocenters. The third-order valence-electron chi connectivity index (χ3n) is 1.14. The lowest BCUT2D eigenvalue weighted by atomic mass is 10.2. The van der Waals surface area contributed by atoms with Crippen LogP contribution in [0.3, 0.4) is 0 Å². The second-order valence-electron chi connectivity index (χ2n) is 2.29. The van der Waals surface area contributed by atoms with Crippen LogP contribution in [0.25, 0.3) is 0 Å². The Labute approximate surface area is 98.9 Å². The van der Waals surface area contributed by atoms with Gasteiger partial charge in [-0.1, -0.05) is 0 Å². The van der Waals surface area contributed by atoms with Gasteiger partial charge in [-0.05, 0) is 64.3 Å². The molecule has 2 radical (unpaired) electrons. The van der Waals surface area contributed by atoms with Gasteiger partial charge in [0.1, 0.15) is 0 Å². The van der Waals surface area contributed by atoms with Crippen LogP contribution in [0.15, 0.2) is 0 Å². The highest BCUT2D eigenvalue weighted by Crippen LogP contribution is 2.08. The van der Waals surface area contributed by atoms with Gasteiger partial charge in [-0.3, -0.25) is 10.5 Å². The summed E-state index contributed by atoms with van der Waals surface area (Å²) >= 11 is 2.95. The van der Waals surface area contributed by atoms with Crippen molar-refractivity contribution in [3.63, 3.8) is 0 Å². The molecule has 0 rings (SSSR count). The summed E-state index contributed by atoms with van der Waals surface area (Å²) < 4.78 is -1.34. The summed E-state index contributed by atoms with van der Waals surface area (Å²) in [6, 6.07) is 0. The number of ketones is 1. The molecule has 0 saturated heterocycles. The first-order chi connectivity index (χ1) is 7.00. The van der Waals surface area contributed by atoms with Gasteiger partial charge in [0.25, 0.3) is 0 Å². The lowest BCUT2D eigenvalue weighted by molar-refractivity contribution is -0.117. The number of nitrogens with two attached hydrogens (primary N) is 1. The van der Waals surface area contributed by atoms with Gasteiger partial charge in [-0.15, -0.1) is 0 Å². The normalized spacial score (nSPS) is 10.6. The summed E-state index contributed by atoms with van der Waals surface area (Å²) in [6.45, 7) is 1.33. The fourth-order valence-corrected chi connectivity index (χ4v) is 0.470. The molecule has 0 aliphatic rings. The average molecular weight is 258 g/mol. The predicted molar refractivity (Wildman–Crippen MR) is 63.4 cm³/mol. The van der Waals surface area contributed by atoms with E-state index in [2.05, 4.69) is 63.2 Å². The largest absolute Gasteiger partial charge is 0.300 e. The Morgan fingerprint density at radius 2 is 1.67 bits per heavy atom. The zero-order valence-electron chi connectivity index (χ0n) is 7.94. The van der Waals surface area contributed by atoms with Crippen molar-refractivity contribution >= 4 is 29.6 Å². The topological polar surface area (TPSA) is 43.1 Å². The first kappa shape index (κ1) is 13.4. The highest BCUT2D eigenvalue weighted by Gasteiger charge is 2.23. The number of Topliss-reactive ketones (excluding diaryl/α,β-unsaturated/α-hetero) is 1. The summed E-state index contributed by atoms with van der Waals surface area (Å²) in [5, 5.41) is 0. The maximum atomic E-state index is 10.9. The van der Waals surface area contributed by atoms with Gasteiger partial charge >= 0.3 is 0 Å². The Bertz CT molecular complexity index is 492. The third kappa shape index (κ3) is 6.48. The summed E-state index contributed by atoms with van der Waals surface area (Å²) in [5.41, 5.74) is 5.47. The number of hydrogen-bond donors (Lipinski definition) is 1. The monoisotopic (exact) mass is 257 g/mol. The second-order valence-corrected chi connectivity index (χ2v) is 3.54. The summed E-state index contributed by atoms with van der Waals surface area (Å²) in [7, 11) is 4.86. The molecule has 0 aromatic rings. The van der Waals surface area contributed by atoms with Crippen LogP contribution in [-0.4, -0.2) is 18.1 Å². The SMILES string of the molecule is [B]C#CC#CC#CC#CC(N)(Br)C(C)=O. The molecule has 70 valence electrons. The van der Waals surface area contributed by atoms with Crippen molar-refractivity contribution in [2.45, 2.75) is 11.4 Å². The van der Waals surface area contributed by atoms with Gasteiger partial charge in [0.15, 0.2) is 18.1 Å². The highest BCUT2D eigenvalue weighted by molar-refractivity contribution is 9.10. The Morgan fingerprint density at radius 3 is 2.13 bits per heavy atom. The minimum atomic E-state index is -1.34. The van der Waals surface area contributed by atoms with E-state index in [1.807, 2.05) is 0 Å². The summed E-state index contributed by atoms with van der Waals surface area (Å²) in [4.78, 5) is 10.9. The van der Waals surface area contributed by atoms with Gasteiger partial charge in [0, 0.05) is 0 Å². The van der Waals surface area contributed by atoms with Crippen molar-refractivity contribution < 1.29 is 4.79 Å². The van der Waals surface area contributed by atoms with Crippen LogP contribution in [0.4, 0.5) is 0 Å². The number of carbonyl (C=O) groups is 1. The molecule has 2 nitrogen and oxygen atoms in total. The summed E-state index contributed by atoms with van der Waals surface area (Å²) in [6.07, 6.45) is 0. The van der Waals surface area contributed by atoms with Crippen molar-refractivity contribution in [1.29, 1.82) is 0 Å². The van der Waals surface area contributed by atoms with Crippen LogP contribution in [0.5, 0.6) is 0 Å². The van der Waals surface area contributed by atoms with Crippen molar-refractivity contribution in [2.75, 3.05) is 0 Å². The fourth-order valence-electron chi connectivity index (χ4n) is 0.371. The van der Waals surface area contributed by atoms with Crippen LogP contribution in [0.1, 0.15) is 6.92 Å². The maximum Gasteiger partial charge on any atom is 0.193 e. The number of carbonyl (C=O) groups excluding carboxylic acids is 1.